The van der Waals surface area contributed by atoms with Gasteiger partial charge in [-0.25, -0.2) is 0 Å². The van der Waals surface area contributed by atoms with Crippen molar-refractivity contribution in [1.82, 2.24) is 14.6 Å². The van der Waals surface area contributed by atoms with Gasteiger partial charge in [-0.2, -0.15) is 14.6 Å². The van der Waals surface area contributed by atoms with Crippen molar-refractivity contribution in [3.63, 3.8) is 0 Å². The van der Waals surface area contributed by atoms with Crippen LogP contribution >= 0.6 is 22.9 Å². The molecule has 4 aromatic rings. The lowest BCUT2D eigenvalue weighted by molar-refractivity contribution is 0.556. The number of furan rings is 1. The fraction of sp³-hybridized carbons (Fsp3) is 0.0588. The highest BCUT2D eigenvalue weighted by atomic mass is 35.5. The van der Waals surface area contributed by atoms with Crippen LogP contribution in [0.15, 0.2) is 56.7 Å². The number of hydrogen-bond donors (Lipinski definition) is 0. The molecule has 0 fully saturated rings. The molecule has 25 heavy (non-hydrogen) atoms. The number of hydrogen-bond acceptors (Lipinski definition) is 6. The molecule has 6 nitrogen and oxygen atoms in total. The van der Waals surface area contributed by atoms with Gasteiger partial charge >= 0.3 is 0 Å². The van der Waals surface area contributed by atoms with Crippen LogP contribution in [0.3, 0.4) is 0 Å². The molecular weight excluding hydrogens is 362 g/mol. The fourth-order valence-corrected chi connectivity index (χ4v) is 3.36. The van der Waals surface area contributed by atoms with Gasteiger partial charge in [-0.05, 0) is 29.8 Å². The van der Waals surface area contributed by atoms with Crippen LogP contribution in [-0.4, -0.2) is 14.6 Å². The van der Waals surface area contributed by atoms with E-state index in [0.717, 1.165) is 21.4 Å². The highest BCUT2D eigenvalue weighted by Crippen LogP contribution is 2.11. The molecule has 8 heteroatoms. The second-order valence-electron chi connectivity index (χ2n) is 5.29. The van der Waals surface area contributed by atoms with Gasteiger partial charge < -0.3 is 4.42 Å². The lowest BCUT2D eigenvalue weighted by atomic mass is 10.1. The maximum Gasteiger partial charge on any atom is 0.296 e. The number of benzene rings is 1. The largest absolute Gasteiger partial charge is 0.465 e. The Labute approximate surface area is 149 Å². The van der Waals surface area contributed by atoms with Crippen LogP contribution in [0.2, 0.25) is 5.02 Å². The number of aromatic nitrogens is 3. The van der Waals surface area contributed by atoms with Crippen molar-refractivity contribution in [3.05, 3.63) is 89.9 Å². The van der Waals surface area contributed by atoms with Crippen molar-refractivity contribution in [3.8, 4) is 0 Å². The normalized spacial score (nSPS) is 12.1. The molecule has 0 N–H and O–H groups in total. The molecule has 0 amide bonds. The Hall–Kier alpha value is -2.77. The summed E-state index contributed by atoms with van der Waals surface area (Å²) in [5.74, 6) is 0.549. The fourth-order valence-electron chi connectivity index (χ4n) is 2.35. The molecule has 0 aliphatic carbocycles. The minimum absolute atomic E-state index is 0.208. The quantitative estimate of drug-likeness (QED) is 0.549. The molecule has 0 saturated heterocycles. The van der Waals surface area contributed by atoms with Gasteiger partial charge in [0.05, 0.1) is 6.26 Å². The van der Waals surface area contributed by atoms with Crippen LogP contribution in [0.5, 0.6) is 0 Å². The van der Waals surface area contributed by atoms with E-state index in [9.17, 15) is 9.59 Å². The molecule has 0 spiro atoms. The van der Waals surface area contributed by atoms with Gasteiger partial charge in [0.25, 0.3) is 11.1 Å². The molecule has 0 radical (unpaired) electrons. The second-order valence-corrected chi connectivity index (χ2v) is 6.74. The molecule has 1 aromatic carbocycles. The Morgan fingerprint density at radius 1 is 1.20 bits per heavy atom. The van der Waals surface area contributed by atoms with Crippen molar-refractivity contribution < 1.29 is 4.42 Å². The van der Waals surface area contributed by atoms with Crippen LogP contribution in [0, 0.1) is 0 Å². The number of thiazole rings is 1. The summed E-state index contributed by atoms with van der Waals surface area (Å²) in [7, 11) is 0. The first-order chi connectivity index (χ1) is 12.1. The van der Waals surface area contributed by atoms with E-state index in [1.165, 1.54) is 6.26 Å². The third-order valence-corrected chi connectivity index (χ3v) is 4.76. The Morgan fingerprint density at radius 2 is 2.00 bits per heavy atom. The average Bonchev–Trinajstić information content (AvgIpc) is 3.20. The summed E-state index contributed by atoms with van der Waals surface area (Å²) < 4.78 is 6.77. The second kappa shape index (κ2) is 6.27. The van der Waals surface area contributed by atoms with Crippen LogP contribution in [0.1, 0.15) is 17.0 Å². The zero-order valence-electron chi connectivity index (χ0n) is 12.7. The lowest BCUT2D eigenvalue weighted by Crippen LogP contribution is -2.28. The third kappa shape index (κ3) is 3.11. The Kier molecular flexibility index (Phi) is 3.95. The minimum Gasteiger partial charge on any atom is -0.465 e. The van der Waals surface area contributed by atoms with E-state index in [1.807, 2.05) is 0 Å². The highest BCUT2D eigenvalue weighted by Gasteiger charge is 2.12. The molecule has 0 atom stereocenters. The van der Waals surface area contributed by atoms with Crippen LogP contribution in [0.25, 0.3) is 11.0 Å². The van der Waals surface area contributed by atoms with Crippen LogP contribution in [-0.2, 0) is 6.42 Å². The SMILES string of the molecule is O=c1nc2sc(=Cc3ccco3)c(=O)n2nc1Cc1ccc(Cl)cc1. The zero-order valence-corrected chi connectivity index (χ0v) is 14.3. The molecule has 124 valence electrons. The maximum atomic E-state index is 12.5. The topological polar surface area (TPSA) is 77.5 Å². The maximum absolute atomic E-state index is 12.5. The number of nitrogens with zero attached hydrogens (tertiary/aromatic N) is 3. The van der Waals surface area contributed by atoms with E-state index in [-0.39, 0.29) is 22.6 Å². The van der Waals surface area contributed by atoms with Crippen molar-refractivity contribution in [2.24, 2.45) is 0 Å². The average molecular weight is 372 g/mol. The monoisotopic (exact) mass is 371 g/mol. The number of rotatable bonds is 3. The Morgan fingerprint density at radius 3 is 2.72 bits per heavy atom. The number of halogens is 1. The zero-order chi connectivity index (χ0) is 17.4. The van der Waals surface area contributed by atoms with Gasteiger partial charge in [0.2, 0.25) is 4.96 Å². The van der Waals surface area contributed by atoms with Gasteiger partial charge in [-0.1, -0.05) is 35.1 Å². The Bertz CT molecular complexity index is 1210. The summed E-state index contributed by atoms with van der Waals surface area (Å²) in [6.07, 6.45) is 3.40. The van der Waals surface area contributed by atoms with Gasteiger partial charge in [-0.15, -0.1) is 0 Å². The van der Waals surface area contributed by atoms with E-state index >= 15 is 0 Å². The predicted molar refractivity (Wildman–Crippen MR) is 95.2 cm³/mol. The lowest BCUT2D eigenvalue weighted by Gasteiger charge is -2.00. The van der Waals surface area contributed by atoms with Gasteiger partial charge in [0.15, 0.2) is 0 Å². The first kappa shape index (κ1) is 15.7. The third-order valence-electron chi connectivity index (χ3n) is 3.55. The van der Waals surface area contributed by atoms with Gasteiger partial charge in [0, 0.05) is 17.5 Å². The van der Waals surface area contributed by atoms with Crippen molar-refractivity contribution in [1.29, 1.82) is 0 Å². The van der Waals surface area contributed by atoms with E-state index in [0.29, 0.717) is 15.3 Å². The van der Waals surface area contributed by atoms with Crippen molar-refractivity contribution >= 4 is 34.0 Å². The molecule has 0 unspecified atom stereocenters. The minimum atomic E-state index is -0.444. The summed E-state index contributed by atoms with van der Waals surface area (Å²) in [4.78, 5) is 28.9. The summed E-state index contributed by atoms with van der Waals surface area (Å²) in [6.45, 7) is 0. The summed E-state index contributed by atoms with van der Waals surface area (Å²) >= 11 is 6.96. The van der Waals surface area contributed by atoms with Crippen LogP contribution in [0.4, 0.5) is 0 Å². The predicted octanol–water partition coefficient (Wildman–Crippen LogP) is 1.90. The summed E-state index contributed by atoms with van der Waals surface area (Å²) in [6, 6.07) is 10.6. The van der Waals surface area contributed by atoms with E-state index in [1.54, 1.807) is 42.5 Å². The van der Waals surface area contributed by atoms with E-state index in [4.69, 9.17) is 16.0 Å². The van der Waals surface area contributed by atoms with Crippen molar-refractivity contribution in [2.75, 3.05) is 0 Å². The molecule has 0 aliphatic heterocycles. The van der Waals surface area contributed by atoms with Gasteiger partial charge in [0.1, 0.15) is 16.0 Å². The Balaban J connectivity index is 1.81. The summed E-state index contributed by atoms with van der Waals surface area (Å²) in [5.41, 5.74) is 0.294. The standard InChI is InChI=1S/C17H10ClN3O3S/c18-11-5-3-10(4-6-11)8-13-15(22)19-17-21(20-13)16(23)14(25-17)9-12-2-1-7-24-12/h1-7,9H,8H2. The first-order valence-corrected chi connectivity index (χ1v) is 8.52. The first-order valence-electron chi connectivity index (χ1n) is 7.32. The molecule has 0 bridgehead atoms. The molecule has 0 saturated carbocycles. The smallest absolute Gasteiger partial charge is 0.296 e. The van der Waals surface area contributed by atoms with E-state index < -0.39 is 5.56 Å². The van der Waals surface area contributed by atoms with E-state index in [2.05, 4.69) is 10.1 Å². The molecule has 3 heterocycles. The molecule has 4 rings (SSSR count). The van der Waals surface area contributed by atoms with Crippen molar-refractivity contribution in [2.45, 2.75) is 6.42 Å². The summed E-state index contributed by atoms with van der Waals surface area (Å²) in [5, 5.41) is 4.81. The van der Waals surface area contributed by atoms with Gasteiger partial charge in [-0.3, -0.25) is 9.59 Å². The molecular formula is C17H10ClN3O3S. The van der Waals surface area contributed by atoms with Crippen LogP contribution < -0.4 is 15.7 Å². The highest BCUT2D eigenvalue weighted by molar-refractivity contribution is 7.15. The molecule has 3 aromatic heterocycles. The molecule has 0 aliphatic rings. The number of fused-ring (bicyclic) bond motifs is 1.